The first kappa shape index (κ1) is 23.4. The molecule has 4 nitrogen and oxygen atoms in total. The molecule has 0 saturated heterocycles. The van der Waals surface area contributed by atoms with Crippen LogP contribution in [0, 0.1) is 0 Å². The Balaban J connectivity index is 1.80. The van der Waals surface area contributed by atoms with E-state index in [1.54, 1.807) is 37.4 Å². The summed E-state index contributed by atoms with van der Waals surface area (Å²) in [6.45, 7) is 2.51. The minimum atomic E-state index is -0.418. The van der Waals surface area contributed by atoms with Crippen molar-refractivity contribution in [3.05, 3.63) is 98.0 Å². The number of benzene rings is 3. The lowest BCUT2D eigenvalue weighted by molar-refractivity contribution is -0.136. The van der Waals surface area contributed by atoms with Crippen LogP contribution in [0.25, 0.3) is 5.57 Å². The highest BCUT2D eigenvalue weighted by Gasteiger charge is 2.14. The maximum Gasteiger partial charge on any atom is 0.340 e. The van der Waals surface area contributed by atoms with Gasteiger partial charge in [0.05, 0.1) is 21.1 Å². The molecule has 0 saturated carbocycles. The zero-order chi connectivity index (χ0) is 22.2. The van der Waals surface area contributed by atoms with Gasteiger partial charge in [-0.05, 0) is 74.2 Å². The summed E-state index contributed by atoms with van der Waals surface area (Å²) in [7, 11) is 0. The van der Waals surface area contributed by atoms with Gasteiger partial charge in [-0.25, -0.2) is 4.79 Å². The van der Waals surface area contributed by atoms with E-state index in [1.165, 1.54) is 0 Å². The summed E-state index contributed by atoms with van der Waals surface area (Å²) >= 11 is 13.1. The summed E-state index contributed by atoms with van der Waals surface area (Å²) in [5.41, 5.74) is 2.95. The molecule has 1 N–H and O–H groups in total. The molecule has 0 radical (unpaired) electrons. The molecule has 0 amide bonds. The Hall–Kier alpha value is -2.28. The van der Waals surface area contributed by atoms with Gasteiger partial charge in [0.15, 0.2) is 0 Å². The van der Waals surface area contributed by atoms with Gasteiger partial charge in [0.2, 0.25) is 0 Å². The fraction of sp³-hybridized carbons (Fsp3) is 0.125. The third-order valence-corrected chi connectivity index (χ3v) is 5.69. The van der Waals surface area contributed by atoms with Gasteiger partial charge in [-0.15, -0.1) is 0 Å². The molecule has 0 aliphatic heterocycles. The summed E-state index contributed by atoms with van der Waals surface area (Å²) in [6.07, 6.45) is 1.62. The second-order valence-corrected chi connectivity index (χ2v) is 8.62. The van der Waals surface area contributed by atoms with Crippen LogP contribution in [0.15, 0.2) is 81.9 Å². The SMILES string of the molecule is CCOC(=O)/C(=C\Nc1cc(Br)c(OCc2ccccc2)c(Br)c1)c1ccc(Cl)cc1. The lowest BCUT2D eigenvalue weighted by atomic mass is 10.1. The van der Waals surface area contributed by atoms with Gasteiger partial charge in [0.25, 0.3) is 0 Å². The molecular weight excluding hydrogens is 546 g/mol. The van der Waals surface area contributed by atoms with E-state index in [2.05, 4.69) is 37.2 Å². The van der Waals surface area contributed by atoms with E-state index in [0.717, 1.165) is 20.2 Å². The van der Waals surface area contributed by atoms with E-state index in [9.17, 15) is 4.79 Å². The molecule has 0 atom stereocenters. The Morgan fingerprint density at radius 2 is 1.68 bits per heavy atom. The van der Waals surface area contributed by atoms with Gasteiger partial charge in [-0.2, -0.15) is 0 Å². The quantitative estimate of drug-likeness (QED) is 0.228. The van der Waals surface area contributed by atoms with Crippen LogP contribution in [0.4, 0.5) is 5.69 Å². The molecular formula is C24H20Br2ClNO3. The van der Waals surface area contributed by atoms with E-state index in [0.29, 0.717) is 28.5 Å². The van der Waals surface area contributed by atoms with Crippen molar-refractivity contribution in [2.45, 2.75) is 13.5 Å². The molecule has 0 unspecified atom stereocenters. The number of anilines is 1. The number of nitrogens with one attached hydrogen (secondary N) is 1. The van der Waals surface area contributed by atoms with Crippen molar-refractivity contribution in [2.75, 3.05) is 11.9 Å². The molecule has 0 fully saturated rings. The summed E-state index contributed by atoms with van der Waals surface area (Å²) in [4.78, 5) is 12.5. The zero-order valence-electron chi connectivity index (χ0n) is 16.7. The molecule has 3 aromatic rings. The maximum absolute atomic E-state index is 12.5. The first-order valence-electron chi connectivity index (χ1n) is 9.53. The number of hydrogen-bond donors (Lipinski definition) is 1. The number of hydrogen-bond acceptors (Lipinski definition) is 4. The monoisotopic (exact) mass is 563 g/mol. The molecule has 3 rings (SSSR count). The fourth-order valence-electron chi connectivity index (χ4n) is 2.76. The van der Waals surface area contributed by atoms with Crippen LogP contribution in [0.5, 0.6) is 5.75 Å². The zero-order valence-corrected chi connectivity index (χ0v) is 20.6. The Bertz CT molecular complexity index is 1050. The minimum Gasteiger partial charge on any atom is -0.487 e. The van der Waals surface area contributed by atoms with Crippen molar-refractivity contribution in [2.24, 2.45) is 0 Å². The topological polar surface area (TPSA) is 47.6 Å². The number of carbonyl (C=O) groups is 1. The van der Waals surface area contributed by atoms with E-state index < -0.39 is 5.97 Å². The highest BCUT2D eigenvalue weighted by molar-refractivity contribution is 9.11. The smallest absolute Gasteiger partial charge is 0.340 e. The third kappa shape index (κ3) is 6.60. The Morgan fingerprint density at radius 1 is 1.03 bits per heavy atom. The average Bonchev–Trinajstić information content (AvgIpc) is 2.75. The molecule has 0 heterocycles. The second-order valence-electron chi connectivity index (χ2n) is 6.47. The Morgan fingerprint density at radius 3 is 2.29 bits per heavy atom. The van der Waals surface area contributed by atoms with Gasteiger partial charge in [-0.1, -0.05) is 54.1 Å². The van der Waals surface area contributed by atoms with Crippen molar-refractivity contribution >= 4 is 60.7 Å². The van der Waals surface area contributed by atoms with Gasteiger partial charge in [-0.3, -0.25) is 0 Å². The summed E-state index contributed by atoms with van der Waals surface area (Å²) in [6, 6.07) is 20.7. The fourth-order valence-corrected chi connectivity index (χ4v) is 4.31. The molecule has 0 bridgehead atoms. The minimum absolute atomic E-state index is 0.286. The maximum atomic E-state index is 12.5. The van der Waals surface area contributed by atoms with Crippen LogP contribution in [-0.4, -0.2) is 12.6 Å². The van der Waals surface area contributed by atoms with Crippen molar-refractivity contribution in [1.29, 1.82) is 0 Å². The van der Waals surface area contributed by atoms with Crippen LogP contribution in [-0.2, 0) is 16.1 Å². The first-order chi connectivity index (χ1) is 15.0. The van der Waals surface area contributed by atoms with Crippen molar-refractivity contribution in [1.82, 2.24) is 0 Å². The average molecular weight is 566 g/mol. The van der Waals surface area contributed by atoms with Crippen LogP contribution >= 0.6 is 43.5 Å². The molecule has 3 aromatic carbocycles. The van der Waals surface area contributed by atoms with E-state index in [4.69, 9.17) is 21.1 Å². The largest absolute Gasteiger partial charge is 0.487 e. The van der Waals surface area contributed by atoms with E-state index in [-0.39, 0.29) is 6.61 Å². The van der Waals surface area contributed by atoms with Gasteiger partial charge < -0.3 is 14.8 Å². The van der Waals surface area contributed by atoms with Crippen molar-refractivity contribution in [3.63, 3.8) is 0 Å². The van der Waals surface area contributed by atoms with Crippen LogP contribution < -0.4 is 10.1 Å². The predicted molar refractivity (Wildman–Crippen MR) is 132 cm³/mol. The number of rotatable bonds is 8. The molecule has 0 aliphatic rings. The summed E-state index contributed by atoms with van der Waals surface area (Å²) in [5, 5.41) is 3.76. The highest BCUT2D eigenvalue weighted by Crippen LogP contribution is 2.37. The van der Waals surface area contributed by atoms with Crippen LogP contribution in [0.3, 0.4) is 0 Å². The predicted octanol–water partition coefficient (Wildman–Crippen LogP) is 7.46. The van der Waals surface area contributed by atoms with Gasteiger partial charge in [0.1, 0.15) is 12.4 Å². The third-order valence-electron chi connectivity index (χ3n) is 4.26. The number of halogens is 3. The Kier molecular flexibility index (Phi) is 8.58. The standard InChI is InChI=1S/C24H20Br2ClNO3/c1-2-30-24(29)20(17-8-10-18(27)11-9-17)14-28-19-12-21(25)23(22(26)13-19)31-15-16-6-4-3-5-7-16/h3-14,28H,2,15H2,1H3/b20-14-. The summed E-state index contributed by atoms with van der Waals surface area (Å²) in [5.74, 6) is 0.278. The molecule has 7 heteroatoms. The highest BCUT2D eigenvalue weighted by atomic mass is 79.9. The van der Waals surface area contributed by atoms with Crippen LogP contribution in [0.2, 0.25) is 5.02 Å². The number of esters is 1. The molecule has 31 heavy (non-hydrogen) atoms. The van der Waals surface area contributed by atoms with Gasteiger partial charge in [0, 0.05) is 16.9 Å². The van der Waals surface area contributed by atoms with Crippen molar-refractivity contribution in [3.8, 4) is 5.75 Å². The lowest BCUT2D eigenvalue weighted by Gasteiger charge is -2.13. The summed E-state index contributed by atoms with van der Waals surface area (Å²) < 4.78 is 12.7. The second kappa shape index (κ2) is 11.4. The van der Waals surface area contributed by atoms with E-state index in [1.807, 2.05) is 42.5 Å². The van der Waals surface area contributed by atoms with E-state index >= 15 is 0 Å². The molecule has 0 aromatic heterocycles. The number of ether oxygens (including phenoxy) is 2. The molecule has 0 spiro atoms. The first-order valence-corrected chi connectivity index (χ1v) is 11.5. The molecule has 0 aliphatic carbocycles. The van der Waals surface area contributed by atoms with Gasteiger partial charge >= 0.3 is 5.97 Å². The number of carbonyl (C=O) groups excluding carboxylic acids is 1. The lowest BCUT2D eigenvalue weighted by Crippen LogP contribution is -2.08. The van der Waals surface area contributed by atoms with Crippen molar-refractivity contribution < 1.29 is 14.3 Å². The molecule has 160 valence electrons. The Labute approximate surface area is 203 Å². The van der Waals surface area contributed by atoms with Crippen LogP contribution in [0.1, 0.15) is 18.1 Å². The normalized spacial score (nSPS) is 11.2.